The molecule has 1 aliphatic heterocycles. The predicted octanol–water partition coefficient (Wildman–Crippen LogP) is 1.55. The first-order valence-corrected chi connectivity index (χ1v) is 4.88. The van der Waals surface area contributed by atoms with Gasteiger partial charge in [0.15, 0.2) is 0 Å². The molecule has 0 saturated carbocycles. The minimum Gasteiger partial charge on any atom is -0.306 e. The SMILES string of the molecule is CC(C=O)C1CCCN(C)CC1. The average molecular weight is 169 g/mol. The topological polar surface area (TPSA) is 20.3 Å². The summed E-state index contributed by atoms with van der Waals surface area (Å²) in [5.74, 6) is 0.893. The number of nitrogens with zero attached hydrogens (tertiary/aromatic N) is 1. The molecule has 2 unspecified atom stereocenters. The minimum atomic E-state index is 0.261. The second-order valence-electron chi connectivity index (χ2n) is 3.99. The van der Waals surface area contributed by atoms with Gasteiger partial charge in [-0.25, -0.2) is 0 Å². The largest absolute Gasteiger partial charge is 0.306 e. The van der Waals surface area contributed by atoms with Crippen LogP contribution in [0.1, 0.15) is 26.2 Å². The fraction of sp³-hybridized carbons (Fsp3) is 0.900. The summed E-state index contributed by atoms with van der Waals surface area (Å²) in [5.41, 5.74) is 0. The zero-order valence-corrected chi connectivity index (χ0v) is 8.12. The van der Waals surface area contributed by atoms with E-state index in [1.54, 1.807) is 0 Å². The number of carbonyl (C=O) groups is 1. The van der Waals surface area contributed by atoms with Crippen LogP contribution in [0.3, 0.4) is 0 Å². The molecule has 0 aromatic rings. The molecule has 1 fully saturated rings. The molecule has 12 heavy (non-hydrogen) atoms. The van der Waals surface area contributed by atoms with E-state index in [4.69, 9.17) is 0 Å². The van der Waals surface area contributed by atoms with Crippen molar-refractivity contribution in [2.75, 3.05) is 20.1 Å². The highest BCUT2D eigenvalue weighted by molar-refractivity contribution is 5.53. The smallest absolute Gasteiger partial charge is 0.123 e. The van der Waals surface area contributed by atoms with Gasteiger partial charge in [-0.3, -0.25) is 0 Å². The van der Waals surface area contributed by atoms with Gasteiger partial charge in [-0.05, 0) is 45.3 Å². The van der Waals surface area contributed by atoms with Crippen LogP contribution in [-0.2, 0) is 4.79 Å². The Hall–Kier alpha value is -0.370. The van der Waals surface area contributed by atoms with Crippen molar-refractivity contribution < 1.29 is 4.79 Å². The van der Waals surface area contributed by atoms with E-state index in [1.807, 2.05) is 6.92 Å². The molecular weight excluding hydrogens is 150 g/mol. The van der Waals surface area contributed by atoms with Crippen LogP contribution in [0.5, 0.6) is 0 Å². The second kappa shape index (κ2) is 4.61. The van der Waals surface area contributed by atoms with Gasteiger partial charge in [0.25, 0.3) is 0 Å². The molecule has 0 amide bonds. The lowest BCUT2D eigenvalue weighted by atomic mass is 9.89. The van der Waals surface area contributed by atoms with Gasteiger partial charge < -0.3 is 9.69 Å². The van der Waals surface area contributed by atoms with E-state index in [0.29, 0.717) is 5.92 Å². The summed E-state index contributed by atoms with van der Waals surface area (Å²) in [6, 6.07) is 0. The molecule has 1 saturated heterocycles. The molecule has 70 valence electrons. The Balaban J connectivity index is 2.40. The van der Waals surface area contributed by atoms with Crippen molar-refractivity contribution in [1.82, 2.24) is 4.90 Å². The summed E-state index contributed by atoms with van der Waals surface area (Å²) in [6.45, 7) is 4.40. The average Bonchev–Trinajstić information content (AvgIpc) is 2.29. The van der Waals surface area contributed by atoms with E-state index in [1.165, 1.54) is 25.8 Å². The molecule has 2 heteroatoms. The van der Waals surface area contributed by atoms with Crippen LogP contribution in [0.4, 0.5) is 0 Å². The normalized spacial score (nSPS) is 29.3. The first-order chi connectivity index (χ1) is 5.74. The maximum Gasteiger partial charge on any atom is 0.123 e. The highest BCUT2D eigenvalue weighted by atomic mass is 16.1. The van der Waals surface area contributed by atoms with Crippen molar-refractivity contribution in [2.24, 2.45) is 11.8 Å². The number of likely N-dealkylation sites (tertiary alicyclic amines) is 1. The number of carbonyl (C=O) groups excluding carboxylic acids is 1. The highest BCUT2D eigenvalue weighted by Crippen LogP contribution is 2.22. The Morgan fingerprint density at radius 3 is 2.83 bits per heavy atom. The van der Waals surface area contributed by atoms with Gasteiger partial charge in [0, 0.05) is 5.92 Å². The number of hydrogen-bond donors (Lipinski definition) is 0. The molecular formula is C10H19NO. The van der Waals surface area contributed by atoms with Crippen LogP contribution >= 0.6 is 0 Å². The molecule has 1 rings (SSSR count). The summed E-state index contributed by atoms with van der Waals surface area (Å²) < 4.78 is 0. The molecule has 1 heterocycles. The van der Waals surface area contributed by atoms with E-state index in [-0.39, 0.29) is 5.92 Å². The first-order valence-electron chi connectivity index (χ1n) is 4.88. The molecule has 0 bridgehead atoms. The van der Waals surface area contributed by atoms with E-state index < -0.39 is 0 Å². The highest BCUT2D eigenvalue weighted by Gasteiger charge is 2.19. The maximum absolute atomic E-state index is 10.6. The quantitative estimate of drug-likeness (QED) is 0.585. The zero-order valence-electron chi connectivity index (χ0n) is 8.12. The fourth-order valence-corrected chi connectivity index (χ4v) is 1.90. The summed E-state index contributed by atoms with van der Waals surface area (Å²) in [7, 11) is 2.16. The van der Waals surface area contributed by atoms with Crippen molar-refractivity contribution in [2.45, 2.75) is 26.2 Å². The molecule has 1 aliphatic rings. The van der Waals surface area contributed by atoms with Gasteiger partial charge in [0.2, 0.25) is 0 Å². The molecule has 0 aromatic heterocycles. The Morgan fingerprint density at radius 2 is 2.17 bits per heavy atom. The van der Waals surface area contributed by atoms with Crippen molar-refractivity contribution >= 4 is 6.29 Å². The van der Waals surface area contributed by atoms with Crippen LogP contribution in [0.15, 0.2) is 0 Å². The van der Waals surface area contributed by atoms with E-state index >= 15 is 0 Å². The predicted molar refractivity (Wildman–Crippen MR) is 50.1 cm³/mol. The maximum atomic E-state index is 10.6. The second-order valence-corrected chi connectivity index (χ2v) is 3.99. The third-order valence-corrected chi connectivity index (χ3v) is 2.95. The zero-order chi connectivity index (χ0) is 8.97. The summed E-state index contributed by atoms with van der Waals surface area (Å²) in [5, 5.41) is 0. The standard InChI is InChI=1S/C10H19NO/c1-9(8-12)10-4-3-6-11(2)7-5-10/h8-10H,3-7H2,1-2H3. The summed E-state index contributed by atoms with van der Waals surface area (Å²) in [6.07, 6.45) is 4.77. The van der Waals surface area contributed by atoms with Crippen LogP contribution in [0, 0.1) is 11.8 Å². The Kier molecular flexibility index (Phi) is 3.73. The molecule has 2 nitrogen and oxygen atoms in total. The first kappa shape index (κ1) is 9.72. The van der Waals surface area contributed by atoms with Gasteiger partial charge >= 0.3 is 0 Å². The van der Waals surface area contributed by atoms with Crippen LogP contribution < -0.4 is 0 Å². The lowest BCUT2D eigenvalue weighted by molar-refractivity contribution is -0.112. The Morgan fingerprint density at radius 1 is 1.42 bits per heavy atom. The lowest BCUT2D eigenvalue weighted by Crippen LogP contribution is -2.20. The molecule has 2 atom stereocenters. The number of hydrogen-bond acceptors (Lipinski definition) is 2. The van der Waals surface area contributed by atoms with Crippen molar-refractivity contribution in [3.63, 3.8) is 0 Å². The molecule has 0 aliphatic carbocycles. The van der Waals surface area contributed by atoms with Gasteiger partial charge in [-0.1, -0.05) is 6.92 Å². The van der Waals surface area contributed by atoms with E-state index in [2.05, 4.69) is 11.9 Å². The Labute approximate surface area is 74.9 Å². The summed E-state index contributed by atoms with van der Waals surface area (Å²) in [4.78, 5) is 12.9. The Bertz CT molecular complexity index is 147. The number of aldehydes is 1. The van der Waals surface area contributed by atoms with Crippen molar-refractivity contribution in [3.05, 3.63) is 0 Å². The third-order valence-electron chi connectivity index (χ3n) is 2.95. The minimum absolute atomic E-state index is 0.261. The van der Waals surface area contributed by atoms with Gasteiger partial charge in [0.1, 0.15) is 6.29 Å². The lowest BCUT2D eigenvalue weighted by Gasteiger charge is -2.17. The third kappa shape index (κ3) is 2.59. The van der Waals surface area contributed by atoms with Crippen molar-refractivity contribution in [1.29, 1.82) is 0 Å². The molecule has 0 N–H and O–H groups in total. The molecule has 0 radical (unpaired) electrons. The van der Waals surface area contributed by atoms with Gasteiger partial charge in [-0.15, -0.1) is 0 Å². The van der Waals surface area contributed by atoms with Crippen LogP contribution in [0.25, 0.3) is 0 Å². The monoisotopic (exact) mass is 169 g/mol. The van der Waals surface area contributed by atoms with Gasteiger partial charge in [-0.2, -0.15) is 0 Å². The summed E-state index contributed by atoms with van der Waals surface area (Å²) >= 11 is 0. The number of rotatable bonds is 2. The van der Waals surface area contributed by atoms with Crippen LogP contribution in [-0.4, -0.2) is 31.3 Å². The molecule has 0 spiro atoms. The van der Waals surface area contributed by atoms with Crippen LogP contribution in [0.2, 0.25) is 0 Å². The van der Waals surface area contributed by atoms with Gasteiger partial charge in [0.05, 0.1) is 0 Å². The van der Waals surface area contributed by atoms with E-state index in [9.17, 15) is 4.79 Å². The van der Waals surface area contributed by atoms with E-state index in [0.717, 1.165) is 12.8 Å². The molecule has 0 aromatic carbocycles. The fourth-order valence-electron chi connectivity index (χ4n) is 1.90. The van der Waals surface area contributed by atoms with Crippen molar-refractivity contribution in [3.8, 4) is 0 Å².